The van der Waals surface area contributed by atoms with Crippen LogP contribution >= 0.6 is 11.3 Å². The van der Waals surface area contributed by atoms with E-state index in [9.17, 15) is 17.6 Å². The van der Waals surface area contributed by atoms with Crippen molar-refractivity contribution in [2.24, 2.45) is 0 Å². The molecule has 3 aromatic rings. The molecule has 2 aromatic carbocycles. The first-order chi connectivity index (χ1) is 11.8. The number of nitrogens with one attached hydrogen (secondary N) is 1. The van der Waals surface area contributed by atoms with Crippen LogP contribution in [0.3, 0.4) is 0 Å². The second kappa shape index (κ2) is 6.73. The lowest BCUT2D eigenvalue weighted by Gasteiger charge is -2.04. The predicted molar refractivity (Wildman–Crippen MR) is 95.0 cm³/mol. The first-order valence-electron chi connectivity index (χ1n) is 7.16. The molecule has 1 aromatic heterocycles. The largest absolute Gasteiger partial charge is 0.298 e. The average Bonchev–Trinajstić information content (AvgIpc) is 3.03. The fourth-order valence-corrected chi connectivity index (χ4v) is 3.53. The van der Waals surface area contributed by atoms with Crippen LogP contribution in [0.25, 0.3) is 11.3 Å². The van der Waals surface area contributed by atoms with Crippen LogP contribution in [0.5, 0.6) is 0 Å². The molecule has 128 valence electrons. The maximum atomic E-state index is 13.3. The van der Waals surface area contributed by atoms with Gasteiger partial charge in [-0.3, -0.25) is 10.1 Å². The van der Waals surface area contributed by atoms with E-state index < -0.39 is 15.7 Å². The third kappa shape index (κ3) is 4.09. The SMILES string of the molecule is CS(=O)(=O)c1cccc(C(=O)Nc2nc(-c3cccc(F)c3)cs2)c1. The van der Waals surface area contributed by atoms with E-state index in [-0.39, 0.29) is 16.3 Å². The van der Waals surface area contributed by atoms with Gasteiger partial charge in [-0.1, -0.05) is 18.2 Å². The van der Waals surface area contributed by atoms with Gasteiger partial charge in [-0.2, -0.15) is 0 Å². The van der Waals surface area contributed by atoms with Crippen LogP contribution in [0, 0.1) is 5.82 Å². The van der Waals surface area contributed by atoms with Crippen molar-refractivity contribution < 1.29 is 17.6 Å². The van der Waals surface area contributed by atoms with E-state index in [1.165, 1.54) is 47.7 Å². The summed E-state index contributed by atoms with van der Waals surface area (Å²) in [5.74, 6) is -0.834. The van der Waals surface area contributed by atoms with Crippen molar-refractivity contribution in [3.8, 4) is 11.3 Å². The maximum absolute atomic E-state index is 13.3. The molecule has 0 radical (unpaired) electrons. The number of rotatable bonds is 4. The van der Waals surface area contributed by atoms with Gasteiger partial charge in [0.05, 0.1) is 10.6 Å². The van der Waals surface area contributed by atoms with Gasteiger partial charge >= 0.3 is 0 Å². The molecule has 0 fully saturated rings. The number of aromatic nitrogens is 1. The van der Waals surface area contributed by atoms with Gasteiger partial charge < -0.3 is 0 Å². The number of benzene rings is 2. The molecule has 0 aliphatic heterocycles. The van der Waals surface area contributed by atoms with Crippen LogP contribution in [-0.2, 0) is 9.84 Å². The topological polar surface area (TPSA) is 76.1 Å². The minimum absolute atomic E-state index is 0.0692. The highest BCUT2D eigenvalue weighted by atomic mass is 32.2. The summed E-state index contributed by atoms with van der Waals surface area (Å²) in [7, 11) is -3.40. The number of amides is 1. The van der Waals surface area contributed by atoms with Crippen LogP contribution in [0.4, 0.5) is 9.52 Å². The van der Waals surface area contributed by atoms with E-state index in [0.717, 1.165) is 6.26 Å². The zero-order valence-electron chi connectivity index (χ0n) is 13.1. The minimum Gasteiger partial charge on any atom is -0.298 e. The lowest BCUT2D eigenvalue weighted by Crippen LogP contribution is -2.12. The molecule has 25 heavy (non-hydrogen) atoms. The summed E-state index contributed by atoms with van der Waals surface area (Å²) < 4.78 is 36.4. The highest BCUT2D eigenvalue weighted by Crippen LogP contribution is 2.25. The number of carbonyl (C=O) groups is 1. The molecule has 0 spiro atoms. The van der Waals surface area contributed by atoms with Gasteiger partial charge in [0.2, 0.25) is 0 Å². The maximum Gasteiger partial charge on any atom is 0.257 e. The molecule has 5 nitrogen and oxygen atoms in total. The zero-order valence-corrected chi connectivity index (χ0v) is 14.7. The zero-order chi connectivity index (χ0) is 18.0. The molecular weight excluding hydrogens is 363 g/mol. The number of carbonyl (C=O) groups excluding carboxylic acids is 1. The van der Waals surface area contributed by atoms with Crippen molar-refractivity contribution in [3.63, 3.8) is 0 Å². The molecule has 1 N–H and O–H groups in total. The van der Waals surface area contributed by atoms with E-state index in [0.29, 0.717) is 16.4 Å². The Hall–Kier alpha value is -2.58. The van der Waals surface area contributed by atoms with E-state index in [4.69, 9.17) is 0 Å². The summed E-state index contributed by atoms with van der Waals surface area (Å²) in [4.78, 5) is 16.6. The van der Waals surface area contributed by atoms with Gasteiger partial charge in [0, 0.05) is 22.8 Å². The first-order valence-corrected chi connectivity index (χ1v) is 9.93. The fourth-order valence-electron chi connectivity index (χ4n) is 2.15. The monoisotopic (exact) mass is 376 g/mol. The van der Waals surface area contributed by atoms with Gasteiger partial charge in [0.1, 0.15) is 5.82 Å². The van der Waals surface area contributed by atoms with Crippen LogP contribution in [-0.4, -0.2) is 25.6 Å². The molecule has 0 bridgehead atoms. The standard InChI is InChI=1S/C17H13FN2O3S2/c1-25(22,23)14-7-3-5-12(9-14)16(21)20-17-19-15(10-24-17)11-4-2-6-13(18)8-11/h2-10H,1H3,(H,19,20,21). The molecule has 0 unspecified atom stereocenters. The quantitative estimate of drug-likeness (QED) is 0.755. The molecule has 0 saturated heterocycles. The molecule has 0 aliphatic rings. The summed E-state index contributed by atoms with van der Waals surface area (Å²) in [6, 6.07) is 11.8. The van der Waals surface area contributed by atoms with Crippen molar-refractivity contribution in [1.29, 1.82) is 0 Å². The second-order valence-electron chi connectivity index (χ2n) is 5.30. The summed E-state index contributed by atoms with van der Waals surface area (Å²) in [5, 5.41) is 4.67. The molecule has 1 amide bonds. The molecule has 0 aliphatic carbocycles. The number of sulfone groups is 1. The van der Waals surface area contributed by atoms with Gasteiger partial charge in [-0.05, 0) is 30.3 Å². The first kappa shape index (κ1) is 17.2. The van der Waals surface area contributed by atoms with Crippen LogP contribution < -0.4 is 5.32 Å². The molecular formula is C17H13FN2O3S2. The Labute approximate surface area is 148 Å². The van der Waals surface area contributed by atoms with Crippen LogP contribution in [0.15, 0.2) is 58.8 Å². The Morgan fingerprint density at radius 3 is 2.64 bits per heavy atom. The third-order valence-electron chi connectivity index (χ3n) is 3.37. The van der Waals surface area contributed by atoms with Crippen LogP contribution in [0.1, 0.15) is 10.4 Å². The van der Waals surface area contributed by atoms with Crippen molar-refractivity contribution in [2.45, 2.75) is 4.90 Å². The Balaban J connectivity index is 1.81. The normalized spacial score (nSPS) is 11.3. The number of halogens is 1. The van der Waals surface area contributed by atoms with Gasteiger partial charge in [0.25, 0.3) is 5.91 Å². The van der Waals surface area contributed by atoms with E-state index >= 15 is 0 Å². The van der Waals surface area contributed by atoms with Crippen molar-refractivity contribution in [3.05, 3.63) is 65.3 Å². The lowest BCUT2D eigenvalue weighted by molar-refractivity contribution is 0.102. The smallest absolute Gasteiger partial charge is 0.257 e. The summed E-state index contributed by atoms with van der Waals surface area (Å²) in [6.45, 7) is 0. The van der Waals surface area contributed by atoms with Crippen LogP contribution in [0.2, 0.25) is 0 Å². The number of anilines is 1. The number of nitrogens with zero attached hydrogens (tertiary/aromatic N) is 1. The predicted octanol–water partition coefficient (Wildman–Crippen LogP) is 3.61. The third-order valence-corrected chi connectivity index (χ3v) is 5.24. The Bertz CT molecular complexity index is 1050. The van der Waals surface area contributed by atoms with Crippen molar-refractivity contribution >= 4 is 32.2 Å². The molecule has 8 heteroatoms. The second-order valence-corrected chi connectivity index (χ2v) is 8.18. The molecule has 3 rings (SSSR count). The van der Waals surface area contributed by atoms with Gasteiger partial charge in [0.15, 0.2) is 15.0 Å². The Kier molecular flexibility index (Phi) is 4.65. The number of hydrogen-bond acceptors (Lipinski definition) is 5. The summed E-state index contributed by atoms with van der Waals surface area (Å²) >= 11 is 1.20. The van der Waals surface area contributed by atoms with E-state index in [1.807, 2.05) is 0 Å². The fraction of sp³-hybridized carbons (Fsp3) is 0.0588. The molecule has 1 heterocycles. The summed E-state index contributed by atoms with van der Waals surface area (Å²) in [5.41, 5.74) is 1.37. The van der Waals surface area contributed by atoms with E-state index in [2.05, 4.69) is 10.3 Å². The Morgan fingerprint density at radius 1 is 1.16 bits per heavy atom. The minimum atomic E-state index is -3.40. The lowest BCUT2D eigenvalue weighted by atomic mass is 10.2. The van der Waals surface area contributed by atoms with E-state index in [1.54, 1.807) is 17.5 Å². The van der Waals surface area contributed by atoms with Crippen molar-refractivity contribution in [1.82, 2.24) is 4.98 Å². The highest BCUT2D eigenvalue weighted by Gasteiger charge is 2.13. The summed E-state index contributed by atoms with van der Waals surface area (Å²) in [6.07, 6.45) is 1.08. The van der Waals surface area contributed by atoms with Gasteiger partial charge in [-0.25, -0.2) is 17.8 Å². The molecule has 0 saturated carbocycles. The average molecular weight is 376 g/mol. The molecule has 0 atom stereocenters. The number of hydrogen-bond donors (Lipinski definition) is 1. The highest BCUT2D eigenvalue weighted by molar-refractivity contribution is 7.90. The number of thiazole rings is 1. The van der Waals surface area contributed by atoms with Gasteiger partial charge in [-0.15, -0.1) is 11.3 Å². The Morgan fingerprint density at radius 2 is 1.92 bits per heavy atom. The van der Waals surface area contributed by atoms with Crippen molar-refractivity contribution in [2.75, 3.05) is 11.6 Å².